The van der Waals surface area contributed by atoms with E-state index in [9.17, 15) is 9.59 Å². The molecule has 1 saturated heterocycles. The van der Waals surface area contributed by atoms with Crippen LogP contribution in [0.1, 0.15) is 52.0 Å². The summed E-state index contributed by atoms with van der Waals surface area (Å²) in [6.45, 7) is 7.51. The van der Waals surface area contributed by atoms with E-state index >= 15 is 0 Å². The van der Waals surface area contributed by atoms with E-state index in [-0.39, 0.29) is 11.9 Å². The van der Waals surface area contributed by atoms with E-state index in [0.29, 0.717) is 0 Å². The standard InChI is InChI=1S/C21H30N2O3/c1-16(2)22-21(25)17(3)26-20(24)13-10-18-8-11-19(12-9-18)23-14-6-4-5-7-15-23/h8-13,16-17H,4-7,14-15H2,1-3H3,(H,22,25)/b13-10+/t17-/m1/s1. The third-order valence-electron chi connectivity index (χ3n) is 4.37. The summed E-state index contributed by atoms with van der Waals surface area (Å²) in [5.41, 5.74) is 2.16. The molecule has 142 valence electrons. The van der Waals surface area contributed by atoms with Crippen LogP contribution >= 0.6 is 0 Å². The van der Waals surface area contributed by atoms with E-state index in [4.69, 9.17) is 4.74 Å². The molecule has 0 aliphatic carbocycles. The van der Waals surface area contributed by atoms with Gasteiger partial charge in [-0.15, -0.1) is 0 Å². The number of hydrogen-bond donors (Lipinski definition) is 1. The molecule has 0 spiro atoms. The molecule has 1 aromatic rings. The van der Waals surface area contributed by atoms with Crippen LogP contribution in [0.5, 0.6) is 0 Å². The van der Waals surface area contributed by atoms with Gasteiger partial charge < -0.3 is 15.0 Å². The molecule has 0 aromatic heterocycles. The number of nitrogens with zero attached hydrogens (tertiary/aromatic N) is 1. The topological polar surface area (TPSA) is 58.6 Å². The summed E-state index contributed by atoms with van der Waals surface area (Å²) >= 11 is 0. The van der Waals surface area contributed by atoms with Crippen molar-refractivity contribution in [2.45, 2.75) is 58.6 Å². The Bertz CT molecular complexity index is 615. The van der Waals surface area contributed by atoms with Gasteiger partial charge in [0.1, 0.15) is 0 Å². The van der Waals surface area contributed by atoms with Crippen LogP contribution in [0.25, 0.3) is 6.08 Å². The van der Waals surface area contributed by atoms with Crippen LogP contribution in [0.2, 0.25) is 0 Å². The molecule has 1 fully saturated rings. The average molecular weight is 358 g/mol. The van der Waals surface area contributed by atoms with Crippen LogP contribution in [0.3, 0.4) is 0 Å². The van der Waals surface area contributed by atoms with Gasteiger partial charge in [0, 0.05) is 30.9 Å². The third kappa shape index (κ3) is 6.54. The van der Waals surface area contributed by atoms with E-state index < -0.39 is 12.1 Å². The molecule has 0 unspecified atom stereocenters. The largest absolute Gasteiger partial charge is 0.449 e. The second-order valence-corrected chi connectivity index (χ2v) is 7.07. The van der Waals surface area contributed by atoms with Crippen molar-refractivity contribution in [3.63, 3.8) is 0 Å². The molecular formula is C21H30N2O3. The maximum absolute atomic E-state index is 11.9. The number of nitrogens with one attached hydrogen (secondary N) is 1. The SMILES string of the molecule is CC(C)NC(=O)[C@@H](C)OC(=O)/C=C/c1ccc(N2CCCCCC2)cc1. The molecule has 1 aliphatic rings. The van der Waals surface area contributed by atoms with E-state index in [1.165, 1.54) is 37.4 Å². The Balaban J connectivity index is 1.87. The minimum Gasteiger partial charge on any atom is -0.449 e. The highest BCUT2D eigenvalue weighted by Crippen LogP contribution is 2.20. The summed E-state index contributed by atoms with van der Waals surface area (Å²) in [5, 5.41) is 2.72. The van der Waals surface area contributed by atoms with Gasteiger partial charge in [-0.05, 0) is 57.4 Å². The van der Waals surface area contributed by atoms with Crippen molar-refractivity contribution in [3.8, 4) is 0 Å². The van der Waals surface area contributed by atoms with Gasteiger partial charge in [-0.2, -0.15) is 0 Å². The minimum absolute atomic E-state index is 0.0157. The van der Waals surface area contributed by atoms with E-state index in [0.717, 1.165) is 18.7 Å². The molecule has 1 N–H and O–H groups in total. The zero-order valence-electron chi connectivity index (χ0n) is 16.0. The summed E-state index contributed by atoms with van der Waals surface area (Å²) in [7, 11) is 0. The normalized spacial score (nSPS) is 16.4. The van der Waals surface area contributed by atoms with Crippen LogP contribution in [0.15, 0.2) is 30.3 Å². The summed E-state index contributed by atoms with van der Waals surface area (Å²) < 4.78 is 5.12. The van der Waals surface area contributed by atoms with Gasteiger partial charge in [-0.1, -0.05) is 25.0 Å². The average Bonchev–Trinajstić information content (AvgIpc) is 2.89. The zero-order chi connectivity index (χ0) is 18.9. The van der Waals surface area contributed by atoms with Crippen LogP contribution < -0.4 is 10.2 Å². The highest BCUT2D eigenvalue weighted by molar-refractivity contribution is 5.90. The van der Waals surface area contributed by atoms with Gasteiger partial charge in [0.15, 0.2) is 6.10 Å². The highest BCUT2D eigenvalue weighted by atomic mass is 16.5. The molecule has 0 radical (unpaired) electrons. The second-order valence-electron chi connectivity index (χ2n) is 7.07. The monoisotopic (exact) mass is 358 g/mol. The van der Waals surface area contributed by atoms with Gasteiger partial charge in [0.25, 0.3) is 5.91 Å². The first-order valence-corrected chi connectivity index (χ1v) is 9.50. The maximum atomic E-state index is 11.9. The quantitative estimate of drug-likeness (QED) is 0.624. The molecule has 1 atom stereocenters. The first kappa shape index (κ1) is 20.0. The Kier molecular flexibility index (Phi) is 7.70. The highest BCUT2D eigenvalue weighted by Gasteiger charge is 2.16. The number of anilines is 1. The van der Waals surface area contributed by atoms with E-state index in [1.807, 2.05) is 26.0 Å². The molecule has 26 heavy (non-hydrogen) atoms. The lowest BCUT2D eigenvalue weighted by atomic mass is 10.1. The predicted molar refractivity (Wildman–Crippen MR) is 105 cm³/mol. The molecule has 1 heterocycles. The number of carbonyl (C=O) groups excluding carboxylic acids is 2. The van der Waals surface area contributed by atoms with Crippen molar-refractivity contribution < 1.29 is 14.3 Å². The fourth-order valence-electron chi connectivity index (χ4n) is 2.96. The fourth-order valence-corrected chi connectivity index (χ4v) is 2.96. The minimum atomic E-state index is -0.806. The first-order chi connectivity index (χ1) is 12.5. The van der Waals surface area contributed by atoms with Crippen molar-refractivity contribution >= 4 is 23.6 Å². The van der Waals surface area contributed by atoms with Crippen molar-refractivity contribution in [1.82, 2.24) is 5.32 Å². The smallest absolute Gasteiger partial charge is 0.331 e. The van der Waals surface area contributed by atoms with Crippen LogP contribution in [-0.2, 0) is 14.3 Å². The molecule has 5 nitrogen and oxygen atoms in total. The molecule has 0 bridgehead atoms. The lowest BCUT2D eigenvalue weighted by Crippen LogP contribution is -2.39. The Hall–Kier alpha value is -2.30. The molecule has 5 heteroatoms. The summed E-state index contributed by atoms with van der Waals surface area (Å²) in [4.78, 5) is 26.1. The fraction of sp³-hybridized carbons (Fsp3) is 0.524. The van der Waals surface area contributed by atoms with Gasteiger partial charge in [0.05, 0.1) is 0 Å². The molecule has 0 saturated carbocycles. The van der Waals surface area contributed by atoms with Gasteiger partial charge in [0.2, 0.25) is 0 Å². The molecular weight excluding hydrogens is 328 g/mol. The number of carbonyl (C=O) groups is 2. The maximum Gasteiger partial charge on any atom is 0.331 e. The Labute approximate surface area is 156 Å². The summed E-state index contributed by atoms with van der Waals surface area (Å²) in [5.74, 6) is -0.809. The summed E-state index contributed by atoms with van der Waals surface area (Å²) in [6.07, 6.45) is 7.38. The van der Waals surface area contributed by atoms with Crippen LogP contribution in [-0.4, -0.2) is 37.1 Å². The van der Waals surface area contributed by atoms with Crippen molar-refractivity contribution in [2.24, 2.45) is 0 Å². The van der Waals surface area contributed by atoms with Crippen LogP contribution in [0, 0.1) is 0 Å². The number of benzene rings is 1. The van der Waals surface area contributed by atoms with E-state index in [2.05, 4.69) is 22.3 Å². The van der Waals surface area contributed by atoms with Crippen LogP contribution in [0.4, 0.5) is 5.69 Å². The molecule has 2 rings (SSSR count). The van der Waals surface area contributed by atoms with Crippen molar-refractivity contribution in [3.05, 3.63) is 35.9 Å². The Morgan fingerprint density at radius 2 is 1.65 bits per heavy atom. The number of ether oxygens (including phenoxy) is 1. The van der Waals surface area contributed by atoms with E-state index in [1.54, 1.807) is 13.0 Å². The lowest BCUT2D eigenvalue weighted by Gasteiger charge is -2.22. The first-order valence-electron chi connectivity index (χ1n) is 9.50. The Morgan fingerprint density at radius 1 is 1.04 bits per heavy atom. The van der Waals surface area contributed by atoms with Gasteiger partial charge in [-0.3, -0.25) is 4.79 Å². The number of rotatable bonds is 6. The lowest BCUT2D eigenvalue weighted by molar-refractivity contribution is -0.150. The zero-order valence-corrected chi connectivity index (χ0v) is 16.0. The molecule has 1 amide bonds. The van der Waals surface area contributed by atoms with Crippen molar-refractivity contribution in [2.75, 3.05) is 18.0 Å². The number of amides is 1. The van der Waals surface area contributed by atoms with Gasteiger partial charge in [-0.25, -0.2) is 4.79 Å². The van der Waals surface area contributed by atoms with Crippen molar-refractivity contribution in [1.29, 1.82) is 0 Å². The third-order valence-corrected chi connectivity index (χ3v) is 4.37. The van der Waals surface area contributed by atoms with Gasteiger partial charge >= 0.3 is 5.97 Å². The second kappa shape index (κ2) is 10.00. The Morgan fingerprint density at radius 3 is 2.23 bits per heavy atom. The number of hydrogen-bond acceptors (Lipinski definition) is 4. The summed E-state index contributed by atoms with van der Waals surface area (Å²) in [6, 6.07) is 8.20. The molecule has 1 aromatic carbocycles. The molecule has 1 aliphatic heterocycles. The number of esters is 1. The predicted octanol–water partition coefficient (Wildman–Crippen LogP) is 3.54.